The molecule has 0 saturated carbocycles. The Hall–Kier alpha value is -0.620. The fraction of sp³-hybridized carbons (Fsp3) is 0.222. The Morgan fingerprint density at radius 2 is 2.08 bits per heavy atom. The Balaban J connectivity index is 2.61. The summed E-state index contributed by atoms with van der Waals surface area (Å²) in [5.74, 6) is -0.210. The van der Waals surface area contributed by atoms with Gasteiger partial charge in [-0.3, -0.25) is 9.63 Å². The molecule has 0 aliphatic carbocycles. The fourth-order valence-electron chi connectivity index (χ4n) is 0.798. The molecule has 0 heterocycles. The van der Waals surface area contributed by atoms with Crippen LogP contribution in [0.1, 0.15) is 17.3 Å². The van der Waals surface area contributed by atoms with E-state index >= 15 is 0 Å². The van der Waals surface area contributed by atoms with E-state index < -0.39 is 0 Å². The second kappa shape index (κ2) is 5.18. The predicted octanol–water partition coefficient (Wildman–Crippen LogP) is 1.97. The molecule has 0 unspecified atom stereocenters. The van der Waals surface area contributed by atoms with Gasteiger partial charge in [-0.05, 0) is 53.8 Å². The highest BCUT2D eigenvalue weighted by Gasteiger charge is 2.03. The summed E-state index contributed by atoms with van der Waals surface area (Å²) in [5, 5.41) is 0. The van der Waals surface area contributed by atoms with Crippen molar-refractivity contribution in [1.82, 2.24) is 5.48 Å². The van der Waals surface area contributed by atoms with Gasteiger partial charge in [0.05, 0.1) is 6.61 Å². The maximum absolute atomic E-state index is 11.3. The number of halogens is 1. The van der Waals surface area contributed by atoms with Gasteiger partial charge in [0.1, 0.15) is 0 Å². The third-order valence-corrected chi connectivity index (χ3v) is 2.13. The molecular formula is C9H10INO2. The van der Waals surface area contributed by atoms with E-state index in [0.717, 1.165) is 3.57 Å². The summed E-state index contributed by atoms with van der Waals surface area (Å²) < 4.78 is 1.10. The summed E-state index contributed by atoms with van der Waals surface area (Å²) in [5.41, 5.74) is 2.93. The lowest BCUT2D eigenvalue weighted by Crippen LogP contribution is -2.23. The van der Waals surface area contributed by atoms with E-state index in [0.29, 0.717) is 12.2 Å². The molecule has 13 heavy (non-hydrogen) atoms. The first-order valence-electron chi connectivity index (χ1n) is 3.91. The zero-order valence-electron chi connectivity index (χ0n) is 7.21. The number of nitrogens with one attached hydrogen (secondary N) is 1. The molecule has 1 amide bonds. The Labute approximate surface area is 90.6 Å². The van der Waals surface area contributed by atoms with Gasteiger partial charge in [-0.15, -0.1) is 0 Å². The molecule has 70 valence electrons. The minimum absolute atomic E-state index is 0.210. The molecule has 3 nitrogen and oxygen atoms in total. The van der Waals surface area contributed by atoms with Crippen LogP contribution in [-0.2, 0) is 4.84 Å². The van der Waals surface area contributed by atoms with Crippen molar-refractivity contribution in [2.24, 2.45) is 0 Å². The number of hydrogen-bond acceptors (Lipinski definition) is 2. The van der Waals surface area contributed by atoms with E-state index in [9.17, 15) is 4.79 Å². The Kier molecular flexibility index (Phi) is 4.17. The zero-order chi connectivity index (χ0) is 9.68. The van der Waals surface area contributed by atoms with Crippen molar-refractivity contribution in [3.05, 3.63) is 33.4 Å². The number of hydroxylamine groups is 1. The van der Waals surface area contributed by atoms with Gasteiger partial charge in [0.25, 0.3) is 5.91 Å². The van der Waals surface area contributed by atoms with Crippen molar-refractivity contribution in [1.29, 1.82) is 0 Å². The van der Waals surface area contributed by atoms with Crippen molar-refractivity contribution in [3.8, 4) is 0 Å². The smallest absolute Gasteiger partial charge is 0.274 e. The molecule has 0 aliphatic rings. The molecule has 0 fully saturated rings. The maximum Gasteiger partial charge on any atom is 0.274 e. The van der Waals surface area contributed by atoms with E-state index in [4.69, 9.17) is 4.84 Å². The molecule has 0 aromatic heterocycles. The lowest BCUT2D eigenvalue weighted by atomic mass is 10.2. The molecule has 1 N–H and O–H groups in total. The third kappa shape index (κ3) is 3.31. The van der Waals surface area contributed by atoms with Crippen LogP contribution in [0.3, 0.4) is 0 Å². The molecule has 4 heteroatoms. The molecule has 1 aromatic rings. The summed E-state index contributed by atoms with van der Waals surface area (Å²) in [4.78, 5) is 16.1. The largest absolute Gasteiger partial charge is 0.274 e. The first-order valence-corrected chi connectivity index (χ1v) is 4.99. The van der Waals surface area contributed by atoms with Gasteiger partial charge in [0.2, 0.25) is 0 Å². The Morgan fingerprint density at radius 3 is 2.62 bits per heavy atom. The van der Waals surface area contributed by atoms with Gasteiger partial charge in [-0.1, -0.05) is 0 Å². The van der Waals surface area contributed by atoms with Crippen LogP contribution in [0.4, 0.5) is 0 Å². The number of benzene rings is 1. The SMILES string of the molecule is CCONC(=O)c1ccc(I)cc1. The highest BCUT2D eigenvalue weighted by atomic mass is 127. The number of carbonyl (C=O) groups excluding carboxylic acids is 1. The van der Waals surface area contributed by atoms with Gasteiger partial charge in [0, 0.05) is 9.13 Å². The van der Waals surface area contributed by atoms with Gasteiger partial charge in [-0.25, -0.2) is 5.48 Å². The monoisotopic (exact) mass is 291 g/mol. The molecule has 0 bridgehead atoms. The molecule has 0 spiro atoms. The number of rotatable bonds is 3. The van der Waals surface area contributed by atoms with Crippen LogP contribution in [0.2, 0.25) is 0 Å². The maximum atomic E-state index is 11.3. The topological polar surface area (TPSA) is 38.3 Å². The summed E-state index contributed by atoms with van der Waals surface area (Å²) in [6.07, 6.45) is 0. The van der Waals surface area contributed by atoms with E-state index in [1.165, 1.54) is 0 Å². The van der Waals surface area contributed by atoms with Crippen molar-refractivity contribution >= 4 is 28.5 Å². The van der Waals surface area contributed by atoms with E-state index in [-0.39, 0.29) is 5.91 Å². The standard InChI is InChI=1S/C9H10INO2/c1-2-13-11-9(12)7-3-5-8(10)6-4-7/h3-6H,2H2,1H3,(H,11,12). The molecule has 1 rings (SSSR count). The number of carbonyl (C=O) groups is 1. The minimum Gasteiger partial charge on any atom is -0.274 e. The Bertz CT molecular complexity index is 284. The highest BCUT2D eigenvalue weighted by molar-refractivity contribution is 14.1. The minimum atomic E-state index is -0.210. The first kappa shape index (κ1) is 10.5. The van der Waals surface area contributed by atoms with E-state index in [1.54, 1.807) is 12.1 Å². The second-order valence-corrected chi connectivity index (χ2v) is 3.62. The summed E-state index contributed by atoms with van der Waals surface area (Å²) in [6.45, 7) is 2.28. The van der Waals surface area contributed by atoms with Crippen molar-refractivity contribution in [3.63, 3.8) is 0 Å². The zero-order valence-corrected chi connectivity index (χ0v) is 9.37. The van der Waals surface area contributed by atoms with Crippen molar-refractivity contribution < 1.29 is 9.63 Å². The normalized spacial score (nSPS) is 9.69. The average Bonchev–Trinajstić information content (AvgIpc) is 2.15. The van der Waals surface area contributed by atoms with Gasteiger partial charge in [-0.2, -0.15) is 0 Å². The van der Waals surface area contributed by atoms with E-state index in [2.05, 4.69) is 28.1 Å². The first-order chi connectivity index (χ1) is 6.24. The lowest BCUT2D eigenvalue weighted by Gasteiger charge is -2.02. The lowest BCUT2D eigenvalue weighted by molar-refractivity contribution is 0.0364. The summed E-state index contributed by atoms with van der Waals surface area (Å²) in [7, 11) is 0. The number of hydrogen-bond donors (Lipinski definition) is 1. The van der Waals surface area contributed by atoms with Crippen LogP contribution in [0, 0.1) is 3.57 Å². The van der Waals surface area contributed by atoms with Crippen LogP contribution >= 0.6 is 22.6 Å². The van der Waals surface area contributed by atoms with Gasteiger partial charge < -0.3 is 0 Å². The molecule has 0 aliphatic heterocycles. The highest BCUT2D eigenvalue weighted by Crippen LogP contribution is 2.06. The summed E-state index contributed by atoms with van der Waals surface area (Å²) >= 11 is 2.19. The van der Waals surface area contributed by atoms with Gasteiger partial charge >= 0.3 is 0 Å². The van der Waals surface area contributed by atoms with Crippen LogP contribution in [0.25, 0.3) is 0 Å². The quantitative estimate of drug-likeness (QED) is 0.683. The van der Waals surface area contributed by atoms with Crippen LogP contribution in [0.5, 0.6) is 0 Å². The van der Waals surface area contributed by atoms with Crippen molar-refractivity contribution in [2.45, 2.75) is 6.92 Å². The van der Waals surface area contributed by atoms with Crippen LogP contribution in [-0.4, -0.2) is 12.5 Å². The third-order valence-electron chi connectivity index (χ3n) is 1.42. The van der Waals surface area contributed by atoms with Crippen LogP contribution < -0.4 is 5.48 Å². The summed E-state index contributed by atoms with van der Waals surface area (Å²) in [6, 6.07) is 7.27. The molecular weight excluding hydrogens is 281 g/mol. The second-order valence-electron chi connectivity index (χ2n) is 2.37. The Morgan fingerprint density at radius 1 is 1.46 bits per heavy atom. The average molecular weight is 291 g/mol. The van der Waals surface area contributed by atoms with Gasteiger partial charge in [0.15, 0.2) is 0 Å². The molecule has 0 saturated heterocycles. The fourth-order valence-corrected chi connectivity index (χ4v) is 1.16. The number of amides is 1. The molecule has 0 radical (unpaired) electrons. The van der Waals surface area contributed by atoms with Crippen molar-refractivity contribution in [2.75, 3.05) is 6.61 Å². The molecule has 0 atom stereocenters. The van der Waals surface area contributed by atoms with E-state index in [1.807, 2.05) is 19.1 Å². The van der Waals surface area contributed by atoms with Crippen LogP contribution in [0.15, 0.2) is 24.3 Å². The predicted molar refractivity (Wildman–Crippen MR) is 58.3 cm³/mol. The molecule has 1 aromatic carbocycles.